The van der Waals surface area contributed by atoms with Crippen molar-refractivity contribution in [1.29, 1.82) is 10.7 Å². The molecule has 6 aromatic carbocycles. The van der Waals surface area contributed by atoms with Crippen molar-refractivity contribution in [1.82, 2.24) is 15.3 Å². The van der Waals surface area contributed by atoms with Crippen molar-refractivity contribution in [2.45, 2.75) is 0 Å². The van der Waals surface area contributed by atoms with Crippen LogP contribution in [0.25, 0.3) is 62.5 Å². The highest BCUT2D eigenvalue weighted by Crippen LogP contribution is 2.36. The average Bonchev–Trinajstić information content (AvgIpc) is 3.22. The molecule has 5 nitrogen and oxygen atoms in total. The molecule has 0 spiro atoms. The molecule has 0 atom stereocenters. The second-order valence-corrected chi connectivity index (χ2v) is 12.2. The Morgan fingerprint density at radius 3 is 1.65 bits per heavy atom. The van der Waals surface area contributed by atoms with Crippen molar-refractivity contribution >= 4 is 23.2 Å². The van der Waals surface area contributed by atoms with Gasteiger partial charge in [0.1, 0.15) is 11.6 Å². The van der Waals surface area contributed by atoms with E-state index in [-0.39, 0.29) is 11.3 Å². The second kappa shape index (κ2) is 13.8. The Morgan fingerprint density at radius 2 is 1.04 bits per heavy atom. The lowest BCUT2D eigenvalue weighted by Crippen LogP contribution is -2.20. The Kier molecular flexibility index (Phi) is 8.40. The normalized spacial score (nSPS) is 12.9. The first kappa shape index (κ1) is 31.1. The van der Waals surface area contributed by atoms with E-state index in [4.69, 9.17) is 15.4 Å². The number of nitrogens with one attached hydrogen (secondary N) is 2. The topological polar surface area (TPSA) is 85.5 Å². The Labute approximate surface area is 297 Å². The van der Waals surface area contributed by atoms with Crippen LogP contribution in [0.3, 0.4) is 0 Å². The quantitative estimate of drug-likeness (QED) is 0.132. The van der Waals surface area contributed by atoms with E-state index in [1.165, 1.54) is 0 Å². The second-order valence-electron chi connectivity index (χ2n) is 12.2. The van der Waals surface area contributed by atoms with Gasteiger partial charge in [-0.05, 0) is 40.5 Å². The zero-order valence-electron chi connectivity index (χ0n) is 27.6. The molecule has 7 aromatic rings. The predicted molar refractivity (Wildman–Crippen MR) is 207 cm³/mol. The number of benzene rings is 6. The Morgan fingerprint density at radius 1 is 0.529 bits per heavy atom. The number of nitrogens with zero attached hydrogens (tertiary/aromatic N) is 3. The molecule has 0 saturated heterocycles. The third-order valence-electron chi connectivity index (χ3n) is 8.98. The SMILES string of the molecule is N#C/C(C(=N)c1ccccc1)=C1/NC(c2ccccc2)=Cc2ccc(-c3ccc(-c4cc(-c5ccccc5)nc(-c5ccccc5)n4)cc3)cc21. The fraction of sp³-hybridized carbons (Fsp3) is 0. The van der Waals surface area contributed by atoms with Gasteiger partial charge >= 0.3 is 0 Å². The van der Waals surface area contributed by atoms with Gasteiger partial charge < -0.3 is 5.32 Å². The summed E-state index contributed by atoms with van der Waals surface area (Å²) in [6.45, 7) is 0. The molecule has 1 aromatic heterocycles. The summed E-state index contributed by atoms with van der Waals surface area (Å²) < 4.78 is 0. The van der Waals surface area contributed by atoms with E-state index in [0.29, 0.717) is 17.1 Å². The number of fused-ring (bicyclic) bond motifs is 1. The van der Waals surface area contributed by atoms with E-state index in [1.807, 2.05) is 115 Å². The third kappa shape index (κ3) is 6.38. The van der Waals surface area contributed by atoms with Gasteiger partial charge in [0.25, 0.3) is 0 Å². The first-order chi connectivity index (χ1) is 25.1. The fourth-order valence-electron chi connectivity index (χ4n) is 6.33. The van der Waals surface area contributed by atoms with Crippen LogP contribution in [0.1, 0.15) is 22.3 Å². The number of aromatic nitrogens is 2. The van der Waals surface area contributed by atoms with Crippen LogP contribution < -0.4 is 5.32 Å². The van der Waals surface area contributed by atoms with Crippen LogP contribution in [0.5, 0.6) is 0 Å². The Balaban J connectivity index is 1.20. The molecule has 2 heterocycles. The summed E-state index contributed by atoms with van der Waals surface area (Å²) in [6.07, 6.45) is 2.10. The number of hydrogen-bond donors (Lipinski definition) is 2. The number of nitriles is 1. The van der Waals surface area contributed by atoms with Crippen LogP contribution in [0.2, 0.25) is 0 Å². The minimum atomic E-state index is 0.171. The zero-order chi connectivity index (χ0) is 34.6. The molecule has 0 fully saturated rings. The molecule has 1 aliphatic rings. The van der Waals surface area contributed by atoms with Gasteiger partial charge in [-0.1, -0.05) is 158 Å². The molecule has 240 valence electrons. The standard InChI is InChI=1S/C46H31N5/c47-30-40(44(48)35-17-9-3-10-18-35)45-39-27-37(25-26-38(39)28-41(49-45)32-13-5-1-6-14-32)31-21-23-34(24-22-31)43-29-42(33-15-7-2-8-16-33)50-46(51-43)36-19-11-4-12-20-36/h1-29,48-49H/b45-40-,48-44?. The lowest BCUT2D eigenvalue weighted by molar-refractivity contribution is 1.18. The Hall–Kier alpha value is -7.16. The maximum absolute atomic E-state index is 10.5. The number of allylic oxidation sites excluding steroid dienone is 1. The molecule has 0 unspecified atom stereocenters. The monoisotopic (exact) mass is 653 g/mol. The van der Waals surface area contributed by atoms with Crippen molar-refractivity contribution in [3.8, 4) is 51.1 Å². The van der Waals surface area contributed by atoms with E-state index in [0.717, 1.165) is 61.6 Å². The van der Waals surface area contributed by atoms with Crippen molar-refractivity contribution < 1.29 is 0 Å². The Bertz CT molecular complexity index is 2420. The van der Waals surface area contributed by atoms with Gasteiger partial charge in [0.15, 0.2) is 5.82 Å². The van der Waals surface area contributed by atoms with Gasteiger partial charge in [-0.25, -0.2) is 9.97 Å². The summed E-state index contributed by atoms with van der Waals surface area (Å²) in [5.41, 5.74) is 12.2. The van der Waals surface area contributed by atoms with Crippen molar-refractivity contribution in [2.24, 2.45) is 0 Å². The molecule has 0 saturated carbocycles. The highest BCUT2D eigenvalue weighted by Gasteiger charge is 2.23. The minimum Gasteiger partial charge on any atom is -0.353 e. The van der Waals surface area contributed by atoms with Crippen LogP contribution >= 0.6 is 0 Å². The summed E-state index contributed by atoms with van der Waals surface area (Å²) in [5.74, 6) is 0.676. The van der Waals surface area contributed by atoms with E-state index in [1.54, 1.807) is 0 Å². The maximum Gasteiger partial charge on any atom is 0.160 e. The lowest BCUT2D eigenvalue weighted by atomic mass is 9.89. The van der Waals surface area contributed by atoms with E-state index >= 15 is 0 Å². The molecule has 5 heteroatoms. The lowest BCUT2D eigenvalue weighted by Gasteiger charge is -2.24. The van der Waals surface area contributed by atoms with Crippen molar-refractivity contribution in [2.75, 3.05) is 0 Å². The average molecular weight is 654 g/mol. The largest absolute Gasteiger partial charge is 0.353 e. The van der Waals surface area contributed by atoms with E-state index in [9.17, 15) is 5.26 Å². The van der Waals surface area contributed by atoms with Crippen molar-refractivity contribution in [3.05, 3.63) is 198 Å². The van der Waals surface area contributed by atoms with E-state index in [2.05, 4.69) is 72.1 Å². The smallest absolute Gasteiger partial charge is 0.160 e. The van der Waals surface area contributed by atoms with E-state index < -0.39 is 0 Å². The van der Waals surface area contributed by atoms with Crippen LogP contribution in [-0.2, 0) is 0 Å². The minimum absolute atomic E-state index is 0.171. The van der Waals surface area contributed by atoms with Gasteiger partial charge in [-0.15, -0.1) is 0 Å². The molecule has 8 rings (SSSR count). The third-order valence-corrected chi connectivity index (χ3v) is 8.98. The molecule has 1 aliphatic heterocycles. The number of hydrogen-bond acceptors (Lipinski definition) is 5. The summed E-state index contributed by atoms with van der Waals surface area (Å²) in [4.78, 5) is 9.92. The van der Waals surface area contributed by atoms with Crippen LogP contribution in [0, 0.1) is 16.7 Å². The first-order valence-electron chi connectivity index (χ1n) is 16.7. The van der Waals surface area contributed by atoms with Crippen LogP contribution in [0.15, 0.2) is 175 Å². The summed E-state index contributed by atoms with van der Waals surface area (Å²) >= 11 is 0. The zero-order valence-corrected chi connectivity index (χ0v) is 27.6. The summed E-state index contributed by atoms with van der Waals surface area (Å²) in [7, 11) is 0. The highest BCUT2D eigenvalue weighted by molar-refractivity contribution is 6.18. The molecule has 2 N–H and O–H groups in total. The van der Waals surface area contributed by atoms with Gasteiger partial charge in [0.2, 0.25) is 0 Å². The molecule has 51 heavy (non-hydrogen) atoms. The summed E-state index contributed by atoms with van der Waals surface area (Å²) in [5, 5.41) is 23.1. The van der Waals surface area contributed by atoms with Crippen LogP contribution in [0.4, 0.5) is 0 Å². The maximum atomic E-state index is 10.5. The highest BCUT2D eigenvalue weighted by atomic mass is 14.9. The predicted octanol–water partition coefficient (Wildman–Crippen LogP) is 10.5. The molecule has 0 radical (unpaired) electrons. The first-order valence-corrected chi connectivity index (χ1v) is 16.7. The van der Waals surface area contributed by atoms with Crippen LogP contribution in [-0.4, -0.2) is 15.7 Å². The van der Waals surface area contributed by atoms with Gasteiger partial charge in [-0.2, -0.15) is 5.26 Å². The summed E-state index contributed by atoms with van der Waals surface area (Å²) in [6, 6.07) is 58.7. The van der Waals surface area contributed by atoms with Gasteiger partial charge in [-0.3, -0.25) is 5.41 Å². The van der Waals surface area contributed by atoms with Gasteiger partial charge in [0.05, 0.1) is 22.8 Å². The molecule has 0 aliphatic carbocycles. The fourth-order valence-corrected chi connectivity index (χ4v) is 6.33. The molecular formula is C46H31N5. The van der Waals surface area contributed by atoms with Gasteiger partial charge in [0, 0.05) is 33.5 Å². The number of rotatable bonds is 7. The molecular weight excluding hydrogens is 623 g/mol. The van der Waals surface area contributed by atoms with Crippen molar-refractivity contribution in [3.63, 3.8) is 0 Å². The molecule has 0 amide bonds. The molecule has 0 bridgehead atoms.